The van der Waals surface area contributed by atoms with E-state index in [0.29, 0.717) is 21.8 Å². The first-order valence-electron chi connectivity index (χ1n) is 6.77. The molecule has 0 saturated carbocycles. The Balaban J connectivity index is 1.91. The Bertz CT molecular complexity index is 825. The van der Waals surface area contributed by atoms with Gasteiger partial charge in [0.25, 0.3) is 5.91 Å². The number of ether oxygens (including phenoxy) is 1. The zero-order chi connectivity index (χ0) is 15.7. The van der Waals surface area contributed by atoms with Crippen molar-refractivity contribution < 1.29 is 9.53 Å². The summed E-state index contributed by atoms with van der Waals surface area (Å²) in [6, 6.07) is 14.1. The molecular weight excluding hydrogens is 302 g/mol. The second-order valence-corrected chi connectivity index (χ2v) is 5.80. The lowest BCUT2D eigenvalue weighted by Crippen LogP contribution is -2.42. The number of benzene rings is 2. The minimum atomic E-state index is -1.09. The number of carbonyl (C=O) groups excluding carboxylic acids is 1. The fourth-order valence-corrected chi connectivity index (χ4v) is 2.24. The lowest BCUT2D eigenvalue weighted by Gasteiger charge is -2.24. The second kappa shape index (κ2) is 5.42. The second-order valence-electron chi connectivity index (χ2n) is 5.36. The van der Waals surface area contributed by atoms with Gasteiger partial charge in [-0.2, -0.15) is 4.68 Å². The van der Waals surface area contributed by atoms with E-state index in [1.165, 1.54) is 4.68 Å². The van der Waals surface area contributed by atoms with Gasteiger partial charge in [-0.3, -0.25) is 4.79 Å². The molecule has 1 heterocycles. The van der Waals surface area contributed by atoms with Crippen molar-refractivity contribution in [2.75, 3.05) is 0 Å². The van der Waals surface area contributed by atoms with Crippen LogP contribution in [0.5, 0.6) is 5.75 Å². The molecule has 0 aliphatic carbocycles. The smallest absolute Gasteiger partial charge is 0.292 e. The van der Waals surface area contributed by atoms with Gasteiger partial charge in [-0.1, -0.05) is 28.9 Å². The number of rotatable bonds is 3. The fraction of sp³-hybridized carbons (Fsp3) is 0.188. The molecule has 3 rings (SSSR count). The van der Waals surface area contributed by atoms with Crippen molar-refractivity contribution in [2.45, 2.75) is 19.4 Å². The Labute approximate surface area is 132 Å². The largest absolute Gasteiger partial charge is 0.478 e. The number of halogens is 1. The summed E-state index contributed by atoms with van der Waals surface area (Å²) in [5, 5.41) is 8.53. The van der Waals surface area contributed by atoms with Crippen LogP contribution >= 0.6 is 11.6 Å². The van der Waals surface area contributed by atoms with E-state index in [1.807, 2.05) is 12.1 Å². The lowest BCUT2D eigenvalue weighted by molar-refractivity contribution is 0.0474. The molecule has 112 valence electrons. The van der Waals surface area contributed by atoms with Crippen molar-refractivity contribution in [1.82, 2.24) is 15.0 Å². The van der Waals surface area contributed by atoms with Gasteiger partial charge in [0.05, 0.1) is 5.52 Å². The Morgan fingerprint density at radius 3 is 2.55 bits per heavy atom. The van der Waals surface area contributed by atoms with Crippen molar-refractivity contribution in [2.24, 2.45) is 0 Å². The maximum atomic E-state index is 12.7. The monoisotopic (exact) mass is 315 g/mol. The number of hydrogen-bond acceptors (Lipinski definition) is 4. The third kappa shape index (κ3) is 2.67. The topological polar surface area (TPSA) is 57.0 Å². The van der Waals surface area contributed by atoms with Gasteiger partial charge in [-0.25, -0.2) is 0 Å². The van der Waals surface area contributed by atoms with Crippen LogP contribution in [-0.2, 0) is 0 Å². The maximum Gasteiger partial charge on any atom is 0.292 e. The van der Waals surface area contributed by atoms with Gasteiger partial charge >= 0.3 is 0 Å². The summed E-state index contributed by atoms with van der Waals surface area (Å²) in [5.41, 5.74) is 0.225. The van der Waals surface area contributed by atoms with E-state index in [0.717, 1.165) is 0 Å². The molecule has 0 unspecified atom stereocenters. The van der Waals surface area contributed by atoms with Crippen LogP contribution in [-0.4, -0.2) is 26.5 Å². The minimum absolute atomic E-state index is 0.295. The van der Waals surface area contributed by atoms with Gasteiger partial charge in [0.2, 0.25) is 0 Å². The summed E-state index contributed by atoms with van der Waals surface area (Å²) in [6.45, 7) is 3.39. The fourth-order valence-electron chi connectivity index (χ4n) is 2.11. The Morgan fingerprint density at radius 1 is 1.14 bits per heavy atom. The van der Waals surface area contributed by atoms with Gasteiger partial charge in [0, 0.05) is 5.02 Å². The molecule has 0 atom stereocenters. The summed E-state index contributed by atoms with van der Waals surface area (Å²) >= 11 is 5.85. The lowest BCUT2D eigenvalue weighted by atomic mass is 10.1. The highest BCUT2D eigenvalue weighted by Gasteiger charge is 2.33. The Morgan fingerprint density at radius 2 is 1.82 bits per heavy atom. The molecule has 0 fully saturated rings. The van der Waals surface area contributed by atoms with Crippen molar-refractivity contribution in [3.05, 3.63) is 53.6 Å². The highest BCUT2D eigenvalue weighted by Crippen LogP contribution is 2.23. The predicted molar refractivity (Wildman–Crippen MR) is 84.3 cm³/mol. The van der Waals surface area contributed by atoms with E-state index in [9.17, 15) is 4.79 Å². The van der Waals surface area contributed by atoms with E-state index in [4.69, 9.17) is 16.3 Å². The van der Waals surface area contributed by atoms with Crippen LogP contribution in [0.2, 0.25) is 5.02 Å². The molecule has 1 aromatic heterocycles. The molecule has 0 N–H and O–H groups in total. The predicted octanol–water partition coefficient (Wildman–Crippen LogP) is 3.58. The van der Waals surface area contributed by atoms with Crippen molar-refractivity contribution >= 4 is 28.5 Å². The Kier molecular flexibility index (Phi) is 3.58. The Hall–Kier alpha value is -2.40. The minimum Gasteiger partial charge on any atom is -0.478 e. The van der Waals surface area contributed by atoms with Crippen molar-refractivity contribution in [1.29, 1.82) is 0 Å². The van der Waals surface area contributed by atoms with Crippen LogP contribution in [0.4, 0.5) is 0 Å². The van der Waals surface area contributed by atoms with Crippen LogP contribution in [0.1, 0.15) is 18.6 Å². The molecule has 2 aromatic carbocycles. The molecule has 3 aromatic rings. The quantitative estimate of drug-likeness (QED) is 0.741. The number of para-hydroxylation sites is 1. The first-order chi connectivity index (χ1) is 10.5. The third-order valence-corrected chi connectivity index (χ3v) is 3.50. The molecule has 0 saturated heterocycles. The van der Waals surface area contributed by atoms with Crippen molar-refractivity contribution in [3.8, 4) is 5.75 Å². The van der Waals surface area contributed by atoms with Gasteiger partial charge in [-0.15, -0.1) is 5.10 Å². The number of carbonyl (C=O) groups is 1. The van der Waals surface area contributed by atoms with Crippen LogP contribution in [0, 0.1) is 0 Å². The highest BCUT2D eigenvalue weighted by atomic mass is 35.5. The van der Waals surface area contributed by atoms with Gasteiger partial charge in [-0.05, 0) is 50.2 Å². The molecule has 22 heavy (non-hydrogen) atoms. The molecule has 6 heteroatoms. The molecule has 0 aliphatic heterocycles. The molecular formula is C16H14ClN3O2. The first kappa shape index (κ1) is 14.5. The maximum absolute atomic E-state index is 12.7. The highest BCUT2D eigenvalue weighted by molar-refractivity contribution is 6.30. The van der Waals surface area contributed by atoms with Gasteiger partial charge < -0.3 is 4.74 Å². The van der Waals surface area contributed by atoms with Crippen LogP contribution < -0.4 is 4.74 Å². The molecule has 5 nitrogen and oxygen atoms in total. The third-order valence-electron chi connectivity index (χ3n) is 3.25. The summed E-state index contributed by atoms with van der Waals surface area (Å²) < 4.78 is 7.06. The summed E-state index contributed by atoms with van der Waals surface area (Å²) in [5.74, 6) is 0.267. The summed E-state index contributed by atoms with van der Waals surface area (Å²) in [4.78, 5) is 12.7. The summed E-state index contributed by atoms with van der Waals surface area (Å²) in [7, 11) is 0. The zero-order valence-electron chi connectivity index (χ0n) is 12.2. The number of fused-ring (bicyclic) bond motifs is 1. The van der Waals surface area contributed by atoms with E-state index < -0.39 is 5.60 Å². The molecule has 0 spiro atoms. The molecule has 0 radical (unpaired) electrons. The van der Waals surface area contributed by atoms with Gasteiger partial charge in [0.15, 0.2) is 5.60 Å². The van der Waals surface area contributed by atoms with Crippen LogP contribution in [0.3, 0.4) is 0 Å². The SMILES string of the molecule is CC(C)(Oc1ccc(Cl)cc1)C(=O)n1nnc2ccccc21. The van der Waals surface area contributed by atoms with E-state index in [2.05, 4.69) is 10.3 Å². The molecule has 0 amide bonds. The number of hydrogen-bond donors (Lipinski definition) is 0. The van der Waals surface area contributed by atoms with E-state index in [-0.39, 0.29) is 5.91 Å². The van der Waals surface area contributed by atoms with E-state index >= 15 is 0 Å². The average Bonchev–Trinajstić information content (AvgIpc) is 2.92. The van der Waals surface area contributed by atoms with E-state index in [1.54, 1.807) is 50.2 Å². The zero-order valence-corrected chi connectivity index (χ0v) is 12.9. The normalized spacial score (nSPS) is 11.6. The first-order valence-corrected chi connectivity index (χ1v) is 7.15. The standard InChI is InChI=1S/C16H14ClN3O2/c1-16(2,22-12-9-7-11(17)8-10-12)15(21)20-14-6-4-3-5-13(14)18-19-20/h3-10H,1-2H3. The van der Waals surface area contributed by atoms with Gasteiger partial charge in [0.1, 0.15) is 11.3 Å². The number of nitrogens with zero attached hydrogens (tertiary/aromatic N) is 3. The summed E-state index contributed by atoms with van der Waals surface area (Å²) in [6.07, 6.45) is 0. The molecule has 0 bridgehead atoms. The van der Waals surface area contributed by atoms with Crippen LogP contribution in [0.25, 0.3) is 11.0 Å². The molecule has 0 aliphatic rings. The average molecular weight is 316 g/mol. The van der Waals surface area contributed by atoms with Crippen LogP contribution in [0.15, 0.2) is 48.5 Å². The number of aromatic nitrogens is 3. The van der Waals surface area contributed by atoms with Crippen molar-refractivity contribution in [3.63, 3.8) is 0 Å².